The first-order chi connectivity index (χ1) is 15.9. The third-order valence-corrected chi connectivity index (χ3v) is 4.80. The molecule has 0 saturated heterocycles. The fourth-order valence-electron chi connectivity index (χ4n) is 3.16. The van der Waals surface area contributed by atoms with Crippen LogP contribution in [0.25, 0.3) is 5.76 Å². The molecule has 2 unspecified atom stereocenters. The lowest BCUT2D eigenvalue weighted by Crippen LogP contribution is -2.19. The van der Waals surface area contributed by atoms with E-state index >= 15 is 0 Å². The van der Waals surface area contributed by atoms with E-state index in [1.807, 2.05) is 44.2 Å². The summed E-state index contributed by atoms with van der Waals surface area (Å²) in [5, 5.41) is 12.2. The van der Waals surface area contributed by atoms with Gasteiger partial charge < -0.3 is 24.6 Å². The third-order valence-electron chi connectivity index (χ3n) is 4.80. The number of hydrogen-bond acceptors (Lipinski definition) is 6. The van der Waals surface area contributed by atoms with Gasteiger partial charge in [0.1, 0.15) is 35.3 Å². The Bertz CT molecular complexity index is 1080. The van der Waals surface area contributed by atoms with Crippen molar-refractivity contribution in [3.63, 3.8) is 0 Å². The molecule has 0 fully saturated rings. The Labute approximate surface area is 193 Å². The van der Waals surface area contributed by atoms with Crippen molar-refractivity contribution in [2.24, 2.45) is 0 Å². The van der Waals surface area contributed by atoms with Crippen LogP contribution in [0.5, 0.6) is 11.5 Å². The van der Waals surface area contributed by atoms with E-state index in [9.17, 15) is 9.90 Å². The number of carbonyl (C=O) groups is 1. The summed E-state index contributed by atoms with van der Waals surface area (Å²) < 4.78 is 17.2. The Morgan fingerprint density at radius 1 is 1.03 bits per heavy atom. The minimum Gasteiger partial charge on any atom is -0.508 e. The quantitative estimate of drug-likeness (QED) is 0.403. The van der Waals surface area contributed by atoms with Crippen LogP contribution in [-0.4, -0.2) is 35.8 Å². The number of aliphatic hydroxyl groups excluding tert-OH is 1. The van der Waals surface area contributed by atoms with Crippen LogP contribution in [0.2, 0.25) is 0 Å². The number of pyridine rings is 1. The van der Waals surface area contributed by atoms with Gasteiger partial charge in [0.2, 0.25) is 0 Å². The van der Waals surface area contributed by atoms with Gasteiger partial charge in [-0.15, -0.1) is 0 Å². The number of methoxy groups -OCH3 is 1. The van der Waals surface area contributed by atoms with Crippen molar-refractivity contribution in [1.82, 2.24) is 4.98 Å². The number of aromatic nitrogens is 1. The second kappa shape index (κ2) is 11.2. The molecule has 172 valence electrons. The van der Waals surface area contributed by atoms with Gasteiger partial charge in [-0.1, -0.05) is 36.9 Å². The number of ether oxygens (including phenoxy) is 3. The van der Waals surface area contributed by atoms with Crippen molar-refractivity contribution in [2.75, 3.05) is 19.0 Å². The van der Waals surface area contributed by atoms with E-state index in [0.717, 1.165) is 5.56 Å². The second-order valence-corrected chi connectivity index (χ2v) is 7.58. The van der Waals surface area contributed by atoms with E-state index in [1.165, 1.54) is 6.20 Å². The number of carbonyl (C=O) groups excluding carboxylic acids is 1. The summed E-state index contributed by atoms with van der Waals surface area (Å²) >= 11 is 0. The SMILES string of the molecule is C=C(O)c1ccc(NC(=O)c2cc(OC(C)COC)cc(OC(C)c3ccccc3)c2)nc1. The number of aliphatic hydroxyl groups is 1. The Hall–Kier alpha value is -3.84. The van der Waals surface area contributed by atoms with Crippen LogP contribution >= 0.6 is 0 Å². The van der Waals surface area contributed by atoms with Crippen LogP contribution in [-0.2, 0) is 4.74 Å². The summed E-state index contributed by atoms with van der Waals surface area (Å²) in [6, 6.07) is 18.1. The minimum atomic E-state index is -0.375. The average molecular weight is 449 g/mol. The summed E-state index contributed by atoms with van der Waals surface area (Å²) in [6.45, 7) is 7.68. The predicted octanol–water partition coefficient (Wildman–Crippen LogP) is 5.42. The van der Waals surface area contributed by atoms with Crippen molar-refractivity contribution in [1.29, 1.82) is 0 Å². The fraction of sp³-hybridized carbons (Fsp3) is 0.231. The molecule has 3 rings (SSSR count). The Morgan fingerprint density at radius 3 is 2.33 bits per heavy atom. The largest absolute Gasteiger partial charge is 0.508 e. The number of amides is 1. The highest BCUT2D eigenvalue weighted by molar-refractivity contribution is 6.04. The molecule has 0 aliphatic carbocycles. The predicted molar refractivity (Wildman–Crippen MR) is 128 cm³/mol. The maximum atomic E-state index is 13.0. The lowest BCUT2D eigenvalue weighted by atomic mass is 10.1. The Balaban J connectivity index is 1.84. The van der Waals surface area contributed by atoms with Gasteiger partial charge in [-0.05, 0) is 43.7 Å². The summed E-state index contributed by atoms with van der Waals surface area (Å²) in [4.78, 5) is 17.1. The molecule has 0 saturated carbocycles. The van der Waals surface area contributed by atoms with Crippen LogP contribution in [0, 0.1) is 0 Å². The zero-order valence-corrected chi connectivity index (χ0v) is 18.9. The zero-order valence-electron chi connectivity index (χ0n) is 18.9. The molecule has 0 spiro atoms. The van der Waals surface area contributed by atoms with Crippen molar-refractivity contribution in [2.45, 2.75) is 26.1 Å². The first kappa shape index (κ1) is 23.8. The van der Waals surface area contributed by atoms with Crippen molar-refractivity contribution in [3.8, 4) is 11.5 Å². The molecule has 1 amide bonds. The lowest BCUT2D eigenvalue weighted by molar-refractivity contribution is 0.0913. The van der Waals surface area contributed by atoms with Crippen molar-refractivity contribution >= 4 is 17.5 Å². The van der Waals surface area contributed by atoms with E-state index in [-0.39, 0.29) is 23.9 Å². The molecule has 1 heterocycles. The van der Waals surface area contributed by atoms with Crippen LogP contribution < -0.4 is 14.8 Å². The molecule has 1 aromatic heterocycles. The molecule has 33 heavy (non-hydrogen) atoms. The van der Waals surface area contributed by atoms with Crippen LogP contribution in [0.4, 0.5) is 5.82 Å². The molecule has 7 heteroatoms. The number of nitrogens with one attached hydrogen (secondary N) is 1. The Kier molecular flexibility index (Phi) is 8.05. The molecule has 2 N–H and O–H groups in total. The Morgan fingerprint density at radius 2 is 1.73 bits per heavy atom. The molecule has 0 radical (unpaired) electrons. The summed E-state index contributed by atoms with van der Waals surface area (Å²) in [5.74, 6) is 0.856. The highest BCUT2D eigenvalue weighted by Crippen LogP contribution is 2.28. The molecule has 7 nitrogen and oxygen atoms in total. The summed E-state index contributed by atoms with van der Waals surface area (Å²) in [7, 11) is 1.60. The molecule has 3 aromatic rings. The number of anilines is 1. The van der Waals surface area contributed by atoms with Gasteiger partial charge in [-0.2, -0.15) is 0 Å². The zero-order chi connectivity index (χ0) is 23.8. The summed E-state index contributed by atoms with van der Waals surface area (Å²) in [5.41, 5.74) is 1.84. The standard InChI is InChI=1S/C26H28N2O5/c1-17(16-31-4)32-23-12-22(26(30)28-25-11-10-21(15-27-25)18(2)29)13-24(14-23)33-19(3)20-8-6-5-7-9-20/h5-15,17,19,29H,2,16H2,1,3-4H3,(H,27,28,30). The average Bonchev–Trinajstić information content (AvgIpc) is 2.80. The molecule has 2 atom stereocenters. The van der Waals surface area contributed by atoms with Gasteiger partial charge in [-0.25, -0.2) is 4.98 Å². The molecular weight excluding hydrogens is 420 g/mol. The van der Waals surface area contributed by atoms with Crippen LogP contribution in [0.1, 0.15) is 41.4 Å². The summed E-state index contributed by atoms with van der Waals surface area (Å²) in [6.07, 6.45) is 0.989. The number of nitrogens with zero attached hydrogens (tertiary/aromatic N) is 1. The second-order valence-electron chi connectivity index (χ2n) is 7.58. The van der Waals surface area contributed by atoms with Crippen LogP contribution in [0.3, 0.4) is 0 Å². The smallest absolute Gasteiger partial charge is 0.257 e. The molecular formula is C26H28N2O5. The van der Waals surface area contributed by atoms with E-state index in [0.29, 0.717) is 35.1 Å². The van der Waals surface area contributed by atoms with Crippen molar-refractivity contribution < 1.29 is 24.1 Å². The number of benzene rings is 2. The minimum absolute atomic E-state index is 0.0928. The lowest BCUT2D eigenvalue weighted by Gasteiger charge is -2.19. The molecule has 2 aromatic carbocycles. The molecule has 0 aliphatic heterocycles. The number of rotatable bonds is 10. The monoisotopic (exact) mass is 448 g/mol. The van der Waals surface area contributed by atoms with Crippen LogP contribution in [0.15, 0.2) is 73.4 Å². The highest BCUT2D eigenvalue weighted by atomic mass is 16.5. The highest BCUT2D eigenvalue weighted by Gasteiger charge is 2.15. The molecule has 0 aliphatic rings. The topological polar surface area (TPSA) is 89.9 Å². The van der Waals surface area contributed by atoms with Crippen molar-refractivity contribution in [3.05, 3.63) is 90.1 Å². The maximum absolute atomic E-state index is 13.0. The van der Waals surface area contributed by atoms with Gasteiger partial charge in [0.25, 0.3) is 5.91 Å². The van der Waals surface area contributed by atoms with E-state index in [4.69, 9.17) is 14.2 Å². The van der Waals surface area contributed by atoms with Gasteiger partial charge in [-0.3, -0.25) is 4.79 Å². The third kappa shape index (κ3) is 6.82. The van der Waals surface area contributed by atoms with Gasteiger partial charge >= 0.3 is 0 Å². The molecule has 0 bridgehead atoms. The fourth-order valence-corrected chi connectivity index (χ4v) is 3.16. The van der Waals surface area contributed by atoms with Gasteiger partial charge in [0.05, 0.1) is 6.61 Å². The van der Waals surface area contributed by atoms with E-state index in [1.54, 1.807) is 37.4 Å². The van der Waals surface area contributed by atoms with E-state index in [2.05, 4.69) is 16.9 Å². The van der Waals surface area contributed by atoms with Gasteiger partial charge in [0.15, 0.2) is 0 Å². The van der Waals surface area contributed by atoms with Gasteiger partial charge in [0, 0.05) is 30.5 Å². The van der Waals surface area contributed by atoms with E-state index < -0.39 is 0 Å². The maximum Gasteiger partial charge on any atom is 0.257 e. The normalized spacial score (nSPS) is 12.5. The first-order valence-corrected chi connectivity index (χ1v) is 10.5. The number of hydrogen-bond donors (Lipinski definition) is 2. The first-order valence-electron chi connectivity index (χ1n) is 10.5.